The van der Waals surface area contributed by atoms with Gasteiger partial charge in [0.2, 0.25) is 11.8 Å². The molecule has 186 valence electrons. The predicted octanol–water partition coefficient (Wildman–Crippen LogP) is 3.00. The molecule has 0 aliphatic carbocycles. The summed E-state index contributed by atoms with van der Waals surface area (Å²) >= 11 is 0. The van der Waals surface area contributed by atoms with E-state index in [-0.39, 0.29) is 30.1 Å². The van der Waals surface area contributed by atoms with E-state index in [0.717, 1.165) is 12.8 Å². The number of ether oxygens (including phenoxy) is 1. The number of nitrogens with two attached hydrogens (primary N) is 1. The Kier molecular flexibility index (Phi) is 8.20. The van der Waals surface area contributed by atoms with Crippen LogP contribution in [0.1, 0.15) is 30.4 Å². The molecule has 1 aliphatic heterocycles. The van der Waals surface area contributed by atoms with Gasteiger partial charge in [-0.1, -0.05) is 24.3 Å². The summed E-state index contributed by atoms with van der Waals surface area (Å²) in [6.07, 6.45) is 8.20. The first-order chi connectivity index (χ1) is 17.5. The van der Waals surface area contributed by atoms with Crippen molar-refractivity contribution in [3.63, 3.8) is 0 Å². The number of carbonyl (C=O) groups is 1. The SMILES string of the molecule is N=C(c1ccc(Oc2ccccc2)nc1)c1c(N)ncnc1NC1CCCN(C(=O)/C=C/CCO)C1. The van der Waals surface area contributed by atoms with Crippen molar-refractivity contribution in [3.05, 3.63) is 78.3 Å². The lowest BCUT2D eigenvalue weighted by atomic mass is 10.0. The van der Waals surface area contributed by atoms with Crippen LogP contribution in [-0.4, -0.2) is 62.3 Å². The summed E-state index contributed by atoms with van der Waals surface area (Å²) in [5.74, 6) is 1.61. The van der Waals surface area contributed by atoms with E-state index in [0.29, 0.717) is 48.1 Å². The smallest absolute Gasteiger partial charge is 0.246 e. The first-order valence-corrected chi connectivity index (χ1v) is 11.8. The molecule has 5 N–H and O–H groups in total. The first-order valence-electron chi connectivity index (χ1n) is 11.8. The molecule has 1 fully saturated rings. The molecule has 1 saturated heterocycles. The molecule has 10 nitrogen and oxygen atoms in total. The minimum Gasteiger partial charge on any atom is -0.439 e. The fourth-order valence-electron chi connectivity index (χ4n) is 3.95. The number of aromatic nitrogens is 3. The molecule has 0 saturated carbocycles. The predicted molar refractivity (Wildman–Crippen MR) is 137 cm³/mol. The van der Waals surface area contributed by atoms with Crippen LogP contribution in [0.3, 0.4) is 0 Å². The molecule has 0 spiro atoms. The lowest BCUT2D eigenvalue weighted by Crippen LogP contribution is -2.44. The van der Waals surface area contributed by atoms with E-state index in [1.54, 1.807) is 29.3 Å². The summed E-state index contributed by atoms with van der Waals surface area (Å²) < 4.78 is 5.73. The lowest BCUT2D eigenvalue weighted by Gasteiger charge is -2.33. The first kappa shape index (κ1) is 24.8. The minimum atomic E-state index is -0.0889. The molecular formula is C26H29N7O3. The molecule has 36 heavy (non-hydrogen) atoms. The van der Waals surface area contributed by atoms with E-state index in [2.05, 4.69) is 20.3 Å². The zero-order valence-corrected chi connectivity index (χ0v) is 19.8. The number of nitrogens with one attached hydrogen (secondary N) is 2. The molecule has 0 bridgehead atoms. The summed E-state index contributed by atoms with van der Waals surface area (Å²) in [7, 11) is 0. The van der Waals surface area contributed by atoms with Crippen molar-refractivity contribution in [2.75, 3.05) is 30.7 Å². The van der Waals surface area contributed by atoms with Gasteiger partial charge < -0.3 is 25.8 Å². The Hall–Kier alpha value is -4.31. The fraction of sp³-hybridized carbons (Fsp3) is 0.269. The maximum Gasteiger partial charge on any atom is 0.246 e. The number of nitrogens with zero attached hydrogens (tertiary/aromatic N) is 4. The summed E-state index contributed by atoms with van der Waals surface area (Å²) in [6.45, 7) is 1.17. The van der Waals surface area contributed by atoms with Gasteiger partial charge in [-0.3, -0.25) is 10.2 Å². The van der Waals surface area contributed by atoms with E-state index >= 15 is 0 Å². The van der Waals surface area contributed by atoms with Gasteiger partial charge in [-0.2, -0.15) is 0 Å². The molecule has 4 rings (SSSR count). The second kappa shape index (κ2) is 11.9. The molecule has 10 heteroatoms. The number of para-hydroxylation sites is 1. The highest BCUT2D eigenvalue weighted by molar-refractivity contribution is 6.16. The Morgan fingerprint density at radius 1 is 1.22 bits per heavy atom. The van der Waals surface area contributed by atoms with Crippen LogP contribution in [0.5, 0.6) is 11.6 Å². The van der Waals surface area contributed by atoms with Crippen LogP contribution in [0.4, 0.5) is 11.6 Å². The number of benzene rings is 1. The van der Waals surface area contributed by atoms with Crippen LogP contribution in [0.2, 0.25) is 0 Å². The minimum absolute atomic E-state index is 0.0100. The number of anilines is 2. The van der Waals surface area contributed by atoms with E-state index in [1.807, 2.05) is 30.3 Å². The van der Waals surface area contributed by atoms with Crippen LogP contribution < -0.4 is 15.8 Å². The van der Waals surface area contributed by atoms with Gasteiger partial charge in [0, 0.05) is 43.6 Å². The monoisotopic (exact) mass is 487 g/mol. The molecule has 3 heterocycles. The summed E-state index contributed by atoms with van der Waals surface area (Å²) in [5.41, 5.74) is 7.21. The molecule has 1 aromatic carbocycles. The maximum absolute atomic E-state index is 12.5. The average Bonchev–Trinajstić information content (AvgIpc) is 2.90. The van der Waals surface area contributed by atoms with Crippen molar-refractivity contribution in [3.8, 4) is 11.6 Å². The molecule has 1 atom stereocenters. The number of hydrogen-bond acceptors (Lipinski definition) is 9. The summed E-state index contributed by atoms with van der Waals surface area (Å²) in [6, 6.07) is 12.7. The molecule has 1 amide bonds. The standard InChI is InChI=1S/C26H29N7O3/c27-24(18-11-12-21(29-15-18)36-20-8-2-1-3-9-20)23-25(28)30-17-31-26(23)32-19-7-6-13-33(16-19)22(35)10-4-5-14-34/h1-4,8-12,15,17,19,27,34H,5-7,13-14,16H2,(H3,28,30,31,32)/b10-4+,27-24?. The second-order valence-electron chi connectivity index (χ2n) is 8.34. The Morgan fingerprint density at radius 3 is 2.81 bits per heavy atom. The summed E-state index contributed by atoms with van der Waals surface area (Å²) in [5, 5.41) is 21.1. The number of amides is 1. The van der Waals surface area contributed by atoms with Crippen molar-refractivity contribution in [2.24, 2.45) is 0 Å². The van der Waals surface area contributed by atoms with Gasteiger partial charge in [-0.05, 0) is 43.5 Å². The van der Waals surface area contributed by atoms with Gasteiger partial charge in [0.25, 0.3) is 0 Å². The normalized spacial score (nSPS) is 15.6. The third-order valence-electron chi connectivity index (χ3n) is 5.75. The van der Waals surface area contributed by atoms with Crippen molar-refractivity contribution in [1.82, 2.24) is 19.9 Å². The quantitative estimate of drug-likeness (QED) is 0.266. The van der Waals surface area contributed by atoms with Gasteiger partial charge in [0.1, 0.15) is 23.7 Å². The Balaban J connectivity index is 1.47. The Bertz CT molecular complexity index is 1220. The molecule has 0 radical (unpaired) electrons. The van der Waals surface area contributed by atoms with Gasteiger partial charge in [-0.15, -0.1) is 0 Å². The van der Waals surface area contributed by atoms with Crippen molar-refractivity contribution in [2.45, 2.75) is 25.3 Å². The number of aliphatic hydroxyl groups excluding tert-OH is 1. The van der Waals surface area contributed by atoms with Crippen LogP contribution >= 0.6 is 0 Å². The van der Waals surface area contributed by atoms with Gasteiger partial charge >= 0.3 is 0 Å². The Labute approximate surface area is 209 Å². The Morgan fingerprint density at radius 2 is 2.06 bits per heavy atom. The van der Waals surface area contributed by atoms with E-state index in [4.69, 9.17) is 21.0 Å². The molecule has 3 aromatic rings. The number of carbonyl (C=O) groups excluding carboxylic acids is 1. The number of piperidine rings is 1. The molecule has 1 unspecified atom stereocenters. The highest BCUT2D eigenvalue weighted by Gasteiger charge is 2.25. The van der Waals surface area contributed by atoms with Gasteiger partial charge in [0.05, 0.1) is 11.3 Å². The second-order valence-corrected chi connectivity index (χ2v) is 8.34. The zero-order chi connectivity index (χ0) is 25.3. The number of nitrogen functional groups attached to an aromatic ring is 1. The van der Waals surface area contributed by atoms with Crippen molar-refractivity contribution in [1.29, 1.82) is 5.41 Å². The number of hydrogen-bond donors (Lipinski definition) is 4. The zero-order valence-electron chi connectivity index (χ0n) is 19.8. The van der Waals surface area contributed by atoms with Crippen LogP contribution in [0.15, 0.2) is 67.1 Å². The molecular weight excluding hydrogens is 458 g/mol. The number of likely N-dealkylation sites (tertiary alicyclic amines) is 1. The van der Waals surface area contributed by atoms with Crippen LogP contribution in [0.25, 0.3) is 0 Å². The highest BCUT2D eigenvalue weighted by Crippen LogP contribution is 2.25. The average molecular weight is 488 g/mol. The third kappa shape index (κ3) is 6.22. The van der Waals surface area contributed by atoms with Gasteiger partial charge in [0.15, 0.2) is 0 Å². The fourth-order valence-corrected chi connectivity index (χ4v) is 3.95. The van der Waals surface area contributed by atoms with Crippen molar-refractivity contribution >= 4 is 23.3 Å². The van der Waals surface area contributed by atoms with Gasteiger partial charge in [-0.25, -0.2) is 15.0 Å². The maximum atomic E-state index is 12.5. The largest absolute Gasteiger partial charge is 0.439 e. The number of pyridine rings is 1. The molecule has 1 aliphatic rings. The van der Waals surface area contributed by atoms with Crippen molar-refractivity contribution < 1.29 is 14.6 Å². The van der Waals surface area contributed by atoms with E-state index < -0.39 is 0 Å². The third-order valence-corrected chi connectivity index (χ3v) is 5.75. The number of aliphatic hydroxyl groups is 1. The van der Waals surface area contributed by atoms with Crippen LogP contribution in [0, 0.1) is 5.41 Å². The topological polar surface area (TPSA) is 150 Å². The lowest BCUT2D eigenvalue weighted by molar-refractivity contribution is -0.127. The van der Waals surface area contributed by atoms with E-state index in [9.17, 15) is 4.79 Å². The summed E-state index contributed by atoms with van der Waals surface area (Å²) in [4.78, 5) is 27.0. The van der Waals surface area contributed by atoms with Crippen LogP contribution in [-0.2, 0) is 4.79 Å². The highest BCUT2D eigenvalue weighted by atomic mass is 16.5. The van der Waals surface area contributed by atoms with E-state index in [1.165, 1.54) is 12.4 Å². The molecule has 2 aromatic heterocycles. The number of rotatable bonds is 9.